The summed E-state index contributed by atoms with van der Waals surface area (Å²) in [6, 6.07) is 12.7. The molecule has 4 N–H and O–H groups in total. The highest BCUT2D eigenvalue weighted by Crippen LogP contribution is 2.44. The van der Waals surface area contributed by atoms with Crippen molar-refractivity contribution in [2.24, 2.45) is 5.73 Å². The average molecular weight is 257 g/mol. The molecule has 0 radical (unpaired) electrons. The number of anilines is 1. The molecule has 0 heterocycles. The van der Waals surface area contributed by atoms with E-state index in [0.717, 1.165) is 11.6 Å². The molecule has 3 nitrogen and oxygen atoms in total. The largest absolute Gasteiger partial charge is 0.375 e. The molecule has 0 atom stereocenters. The molecule has 0 saturated heterocycles. The van der Waals surface area contributed by atoms with Gasteiger partial charge in [-0.15, -0.1) is 0 Å². The number of thiocarbonyl (C=S) groups is 1. The van der Waals surface area contributed by atoms with Gasteiger partial charge in [0.1, 0.15) is 0 Å². The van der Waals surface area contributed by atoms with Crippen molar-refractivity contribution in [3.05, 3.63) is 42.0 Å². The molecule has 1 aliphatic carbocycles. The van der Waals surface area contributed by atoms with Crippen LogP contribution in [0.25, 0.3) is 10.8 Å². The number of fused-ring (bicyclic) bond motifs is 1. The van der Waals surface area contributed by atoms with Crippen molar-refractivity contribution >= 4 is 33.8 Å². The summed E-state index contributed by atoms with van der Waals surface area (Å²) in [5.41, 5.74) is 13.7. The van der Waals surface area contributed by atoms with Gasteiger partial charge in [-0.1, -0.05) is 30.3 Å². The molecular weight excluding hydrogens is 242 g/mol. The van der Waals surface area contributed by atoms with Crippen LogP contribution in [-0.2, 0) is 0 Å². The van der Waals surface area contributed by atoms with Gasteiger partial charge in [-0.25, -0.2) is 0 Å². The third-order valence-electron chi connectivity index (χ3n) is 3.30. The van der Waals surface area contributed by atoms with Gasteiger partial charge in [0.2, 0.25) is 0 Å². The SMILES string of the molecule is NC(=S)NNc1ccc(C2CC2)c2ccccc12. The van der Waals surface area contributed by atoms with Crippen LogP contribution in [0.1, 0.15) is 24.3 Å². The number of nitrogens with one attached hydrogen (secondary N) is 2. The van der Waals surface area contributed by atoms with Gasteiger partial charge in [0.25, 0.3) is 0 Å². The Hall–Kier alpha value is -1.81. The predicted molar refractivity (Wildman–Crippen MR) is 79.5 cm³/mol. The van der Waals surface area contributed by atoms with Crippen LogP contribution in [0, 0.1) is 0 Å². The Balaban J connectivity index is 2.05. The van der Waals surface area contributed by atoms with Crippen LogP contribution in [-0.4, -0.2) is 5.11 Å². The maximum absolute atomic E-state index is 5.43. The normalized spacial score (nSPS) is 14.4. The molecule has 4 heteroatoms. The summed E-state index contributed by atoms with van der Waals surface area (Å²) in [5.74, 6) is 0.743. The van der Waals surface area contributed by atoms with E-state index in [0.29, 0.717) is 0 Å². The minimum absolute atomic E-state index is 0.241. The monoisotopic (exact) mass is 257 g/mol. The minimum Gasteiger partial charge on any atom is -0.375 e. The first-order valence-corrected chi connectivity index (χ1v) is 6.49. The summed E-state index contributed by atoms with van der Waals surface area (Å²) in [6.45, 7) is 0. The van der Waals surface area contributed by atoms with Gasteiger partial charge in [-0.3, -0.25) is 10.9 Å². The average Bonchev–Trinajstić information content (AvgIpc) is 3.20. The minimum atomic E-state index is 0.241. The van der Waals surface area contributed by atoms with Crippen LogP contribution in [0.4, 0.5) is 5.69 Å². The van der Waals surface area contributed by atoms with E-state index in [-0.39, 0.29) is 5.11 Å². The van der Waals surface area contributed by atoms with Gasteiger partial charge >= 0.3 is 0 Å². The van der Waals surface area contributed by atoms with Crippen molar-refractivity contribution in [3.63, 3.8) is 0 Å². The van der Waals surface area contributed by atoms with Gasteiger partial charge < -0.3 is 5.73 Å². The maximum atomic E-state index is 5.43. The lowest BCUT2D eigenvalue weighted by Gasteiger charge is -2.13. The fraction of sp³-hybridized carbons (Fsp3) is 0.214. The van der Waals surface area contributed by atoms with Crippen LogP contribution < -0.4 is 16.6 Å². The van der Waals surface area contributed by atoms with Crippen LogP contribution in [0.2, 0.25) is 0 Å². The van der Waals surface area contributed by atoms with E-state index in [4.69, 9.17) is 18.0 Å². The first-order valence-electron chi connectivity index (χ1n) is 6.09. The lowest BCUT2D eigenvalue weighted by atomic mass is 10.00. The van der Waals surface area contributed by atoms with E-state index in [1.807, 2.05) is 6.07 Å². The smallest absolute Gasteiger partial charge is 0.182 e. The molecule has 0 aromatic heterocycles. The summed E-state index contributed by atoms with van der Waals surface area (Å²) in [7, 11) is 0. The topological polar surface area (TPSA) is 50.1 Å². The first-order chi connectivity index (χ1) is 8.75. The Morgan fingerprint density at radius 3 is 2.50 bits per heavy atom. The van der Waals surface area contributed by atoms with Crippen molar-refractivity contribution in [2.75, 3.05) is 5.43 Å². The summed E-state index contributed by atoms with van der Waals surface area (Å²) >= 11 is 4.80. The van der Waals surface area contributed by atoms with Crippen molar-refractivity contribution in [2.45, 2.75) is 18.8 Å². The Morgan fingerprint density at radius 2 is 1.83 bits per heavy atom. The zero-order chi connectivity index (χ0) is 12.5. The summed E-state index contributed by atoms with van der Waals surface area (Å²) < 4.78 is 0. The van der Waals surface area contributed by atoms with Gasteiger partial charge in [-0.2, -0.15) is 0 Å². The molecule has 18 heavy (non-hydrogen) atoms. The lowest BCUT2D eigenvalue weighted by Crippen LogP contribution is -2.33. The molecule has 0 spiro atoms. The van der Waals surface area contributed by atoms with Crippen LogP contribution in [0.3, 0.4) is 0 Å². The summed E-state index contributed by atoms with van der Waals surface area (Å²) in [4.78, 5) is 0. The Kier molecular flexibility index (Phi) is 2.80. The highest BCUT2D eigenvalue weighted by Gasteiger charge is 2.25. The fourth-order valence-corrected chi connectivity index (χ4v) is 2.36. The second-order valence-corrected chi connectivity index (χ2v) is 5.08. The van der Waals surface area contributed by atoms with E-state index in [2.05, 4.69) is 41.2 Å². The van der Waals surface area contributed by atoms with Gasteiger partial charge in [-0.05, 0) is 48.0 Å². The molecule has 0 amide bonds. The van der Waals surface area contributed by atoms with Crippen molar-refractivity contribution in [3.8, 4) is 0 Å². The van der Waals surface area contributed by atoms with Crippen LogP contribution in [0.5, 0.6) is 0 Å². The Labute approximate surface area is 111 Å². The summed E-state index contributed by atoms with van der Waals surface area (Å²) in [6.07, 6.45) is 2.61. The molecular formula is C14H15N3S. The zero-order valence-corrected chi connectivity index (χ0v) is 10.8. The molecule has 92 valence electrons. The Bertz CT molecular complexity index is 605. The molecule has 1 aliphatic rings. The molecule has 0 bridgehead atoms. The number of benzene rings is 2. The van der Waals surface area contributed by atoms with Crippen molar-refractivity contribution in [1.82, 2.24) is 5.43 Å². The second-order valence-electron chi connectivity index (χ2n) is 4.64. The standard InChI is InChI=1S/C14H15N3S/c15-14(18)17-16-13-8-7-10(9-5-6-9)11-3-1-2-4-12(11)13/h1-4,7-9,16H,5-6H2,(H3,15,17,18). The Morgan fingerprint density at radius 1 is 1.11 bits per heavy atom. The maximum Gasteiger partial charge on any atom is 0.182 e. The van der Waals surface area contributed by atoms with Gasteiger partial charge in [0, 0.05) is 5.39 Å². The van der Waals surface area contributed by atoms with Crippen LogP contribution in [0.15, 0.2) is 36.4 Å². The quantitative estimate of drug-likeness (QED) is 0.584. The molecule has 1 saturated carbocycles. The highest BCUT2D eigenvalue weighted by molar-refractivity contribution is 7.80. The van der Waals surface area contributed by atoms with Crippen molar-refractivity contribution < 1.29 is 0 Å². The first kappa shape index (κ1) is 11.3. The van der Waals surface area contributed by atoms with Crippen LogP contribution >= 0.6 is 12.2 Å². The number of hydrazine groups is 1. The molecule has 0 aliphatic heterocycles. The fourth-order valence-electron chi connectivity index (χ4n) is 2.31. The molecule has 2 aromatic carbocycles. The lowest BCUT2D eigenvalue weighted by molar-refractivity contribution is 1.12. The number of rotatable bonds is 3. The molecule has 0 unspecified atom stereocenters. The molecule has 1 fully saturated rings. The third kappa shape index (κ3) is 2.11. The van der Waals surface area contributed by atoms with E-state index in [1.165, 1.54) is 29.2 Å². The van der Waals surface area contributed by atoms with Gasteiger partial charge in [0.05, 0.1) is 5.69 Å². The van der Waals surface area contributed by atoms with Crippen molar-refractivity contribution in [1.29, 1.82) is 0 Å². The van der Waals surface area contributed by atoms with E-state index in [1.54, 1.807) is 0 Å². The van der Waals surface area contributed by atoms with E-state index in [9.17, 15) is 0 Å². The number of hydrogen-bond donors (Lipinski definition) is 3. The second kappa shape index (κ2) is 4.46. The highest BCUT2D eigenvalue weighted by atomic mass is 32.1. The summed E-state index contributed by atoms with van der Waals surface area (Å²) in [5, 5.41) is 2.76. The van der Waals surface area contributed by atoms with E-state index >= 15 is 0 Å². The van der Waals surface area contributed by atoms with E-state index < -0.39 is 0 Å². The van der Waals surface area contributed by atoms with Gasteiger partial charge in [0.15, 0.2) is 5.11 Å². The zero-order valence-electron chi connectivity index (χ0n) is 9.94. The molecule has 2 aromatic rings. The third-order valence-corrected chi connectivity index (χ3v) is 3.40. The number of hydrogen-bond acceptors (Lipinski definition) is 2. The number of nitrogens with two attached hydrogens (primary N) is 1. The molecule has 3 rings (SSSR count). The predicted octanol–water partition coefficient (Wildman–Crippen LogP) is 2.88.